The summed E-state index contributed by atoms with van der Waals surface area (Å²) in [6.07, 6.45) is 0. The van der Waals surface area contributed by atoms with Crippen LogP contribution in [0, 0.1) is 20.8 Å². The van der Waals surface area contributed by atoms with Crippen LogP contribution in [0.2, 0.25) is 0 Å². The van der Waals surface area contributed by atoms with Crippen LogP contribution < -0.4 is 4.72 Å². The summed E-state index contributed by atoms with van der Waals surface area (Å²) < 4.78 is 32.9. The normalized spacial score (nSPS) is 11.2. The van der Waals surface area contributed by atoms with Gasteiger partial charge in [0.05, 0.1) is 17.1 Å². The maximum Gasteiger partial charge on any atom is 0.338 e. The first-order valence-corrected chi connectivity index (χ1v) is 9.10. The van der Waals surface area contributed by atoms with Crippen LogP contribution in [-0.4, -0.2) is 21.0 Å². The number of esters is 1. The number of carbonyl (C=O) groups is 1. The zero-order valence-electron chi connectivity index (χ0n) is 14.2. The van der Waals surface area contributed by atoms with E-state index in [0.29, 0.717) is 11.3 Å². The van der Waals surface area contributed by atoms with Crippen molar-refractivity contribution in [1.29, 1.82) is 0 Å². The Kier molecular flexibility index (Phi) is 5.29. The molecule has 0 bridgehead atoms. The minimum absolute atomic E-state index is 0.0614. The lowest BCUT2D eigenvalue weighted by molar-refractivity contribution is 0.0526. The van der Waals surface area contributed by atoms with E-state index < -0.39 is 16.0 Å². The molecule has 0 aliphatic rings. The maximum atomic E-state index is 12.7. The van der Waals surface area contributed by atoms with Gasteiger partial charge in [-0.2, -0.15) is 0 Å². The summed E-state index contributed by atoms with van der Waals surface area (Å²) in [5.74, 6) is -0.542. The number of carbonyl (C=O) groups excluding carboxylic acids is 1. The summed E-state index contributed by atoms with van der Waals surface area (Å²) in [4.78, 5) is 11.9. The van der Waals surface area contributed by atoms with E-state index in [1.54, 1.807) is 38.1 Å². The zero-order chi connectivity index (χ0) is 17.9. The molecule has 0 amide bonds. The summed E-state index contributed by atoms with van der Waals surface area (Å²) in [5, 5.41) is 0. The van der Waals surface area contributed by atoms with Crippen LogP contribution in [0.3, 0.4) is 0 Å². The molecule has 0 spiro atoms. The standard InChI is InChI=1S/C18H21NO4S/c1-5-23-18(20)15-8-6-13(3)17(11-15)24(21,22)19-16-9-7-12(2)14(4)10-16/h6-11,19H,5H2,1-4H3. The van der Waals surface area contributed by atoms with Crippen molar-refractivity contribution >= 4 is 21.7 Å². The Morgan fingerprint density at radius 2 is 1.67 bits per heavy atom. The van der Waals surface area contributed by atoms with Crippen molar-refractivity contribution in [2.75, 3.05) is 11.3 Å². The first kappa shape index (κ1) is 18.0. The summed E-state index contributed by atoms with van der Waals surface area (Å²) in [6, 6.07) is 9.84. The van der Waals surface area contributed by atoms with Crippen LogP contribution >= 0.6 is 0 Å². The maximum absolute atomic E-state index is 12.7. The Bertz CT molecular complexity index is 873. The largest absolute Gasteiger partial charge is 0.462 e. The Balaban J connectivity index is 2.39. The Labute approximate surface area is 142 Å². The van der Waals surface area contributed by atoms with Gasteiger partial charge >= 0.3 is 5.97 Å². The molecule has 5 nitrogen and oxygen atoms in total. The zero-order valence-corrected chi connectivity index (χ0v) is 15.0. The van der Waals surface area contributed by atoms with Gasteiger partial charge in [0.25, 0.3) is 10.0 Å². The van der Waals surface area contributed by atoms with Gasteiger partial charge in [-0.05, 0) is 68.7 Å². The van der Waals surface area contributed by atoms with Crippen molar-refractivity contribution in [2.45, 2.75) is 32.6 Å². The van der Waals surface area contributed by atoms with E-state index >= 15 is 0 Å². The van der Waals surface area contributed by atoms with Crippen molar-refractivity contribution in [3.05, 3.63) is 58.7 Å². The fourth-order valence-electron chi connectivity index (χ4n) is 2.25. The molecule has 0 fully saturated rings. The van der Waals surface area contributed by atoms with Gasteiger partial charge in [0.2, 0.25) is 0 Å². The van der Waals surface area contributed by atoms with Crippen molar-refractivity contribution < 1.29 is 17.9 Å². The molecule has 0 aromatic heterocycles. The molecule has 2 rings (SSSR count). The first-order chi connectivity index (χ1) is 11.2. The van der Waals surface area contributed by atoms with E-state index in [2.05, 4.69) is 4.72 Å². The van der Waals surface area contributed by atoms with Crippen LogP contribution in [0.5, 0.6) is 0 Å². The van der Waals surface area contributed by atoms with Crippen LogP contribution in [-0.2, 0) is 14.8 Å². The van der Waals surface area contributed by atoms with Gasteiger partial charge in [0.1, 0.15) is 0 Å². The molecule has 6 heteroatoms. The molecule has 1 N–H and O–H groups in total. The van der Waals surface area contributed by atoms with E-state index in [0.717, 1.165) is 11.1 Å². The molecule has 0 atom stereocenters. The first-order valence-electron chi connectivity index (χ1n) is 7.62. The number of aryl methyl sites for hydroxylation is 3. The number of hydrogen-bond donors (Lipinski definition) is 1. The molecule has 0 aliphatic carbocycles. The summed E-state index contributed by atoms with van der Waals surface area (Å²) in [7, 11) is -3.80. The third-order valence-electron chi connectivity index (χ3n) is 3.75. The van der Waals surface area contributed by atoms with E-state index in [9.17, 15) is 13.2 Å². The summed E-state index contributed by atoms with van der Waals surface area (Å²) in [6.45, 7) is 7.49. The highest BCUT2D eigenvalue weighted by molar-refractivity contribution is 7.92. The number of anilines is 1. The van der Waals surface area contributed by atoms with Crippen LogP contribution in [0.25, 0.3) is 0 Å². The molecule has 128 valence electrons. The summed E-state index contributed by atoms with van der Waals surface area (Å²) >= 11 is 0. The van der Waals surface area contributed by atoms with Crippen molar-refractivity contribution in [2.24, 2.45) is 0 Å². The quantitative estimate of drug-likeness (QED) is 0.839. The third kappa shape index (κ3) is 3.94. The molecule has 0 unspecified atom stereocenters. The van der Waals surface area contributed by atoms with E-state index in [1.165, 1.54) is 6.07 Å². The van der Waals surface area contributed by atoms with Gasteiger partial charge in [-0.3, -0.25) is 4.72 Å². The highest BCUT2D eigenvalue weighted by Crippen LogP contribution is 2.22. The Morgan fingerprint density at radius 3 is 2.29 bits per heavy atom. The number of ether oxygens (including phenoxy) is 1. The SMILES string of the molecule is CCOC(=O)c1ccc(C)c(S(=O)(=O)Nc2ccc(C)c(C)c2)c1. The molecule has 2 aromatic rings. The topological polar surface area (TPSA) is 72.5 Å². The molecule has 0 aliphatic heterocycles. The second-order valence-corrected chi connectivity index (χ2v) is 7.26. The summed E-state index contributed by atoms with van der Waals surface area (Å²) in [5.41, 5.74) is 3.33. The fraction of sp³-hybridized carbons (Fsp3) is 0.278. The van der Waals surface area contributed by atoms with Crippen molar-refractivity contribution in [1.82, 2.24) is 0 Å². The highest BCUT2D eigenvalue weighted by Gasteiger charge is 2.20. The van der Waals surface area contributed by atoms with Crippen molar-refractivity contribution in [3.8, 4) is 0 Å². The monoisotopic (exact) mass is 347 g/mol. The van der Waals surface area contributed by atoms with E-state index in [1.807, 2.05) is 19.9 Å². The molecular formula is C18H21NO4S. The van der Waals surface area contributed by atoms with Crippen LogP contribution in [0.15, 0.2) is 41.3 Å². The molecule has 0 radical (unpaired) electrons. The number of benzene rings is 2. The average Bonchev–Trinajstić information content (AvgIpc) is 2.51. The molecule has 2 aromatic carbocycles. The predicted octanol–water partition coefficient (Wildman–Crippen LogP) is 3.59. The molecule has 24 heavy (non-hydrogen) atoms. The van der Waals surface area contributed by atoms with E-state index in [-0.39, 0.29) is 17.1 Å². The van der Waals surface area contributed by atoms with Gasteiger partial charge < -0.3 is 4.74 Å². The lowest BCUT2D eigenvalue weighted by Gasteiger charge is -2.13. The molecule has 0 saturated heterocycles. The lowest BCUT2D eigenvalue weighted by Crippen LogP contribution is -2.16. The average molecular weight is 347 g/mol. The minimum atomic E-state index is -3.80. The minimum Gasteiger partial charge on any atom is -0.462 e. The third-order valence-corrected chi connectivity index (χ3v) is 5.27. The predicted molar refractivity (Wildman–Crippen MR) is 93.9 cm³/mol. The van der Waals surface area contributed by atoms with Crippen molar-refractivity contribution in [3.63, 3.8) is 0 Å². The van der Waals surface area contributed by atoms with Crippen LogP contribution in [0.4, 0.5) is 5.69 Å². The molecule has 0 heterocycles. The highest BCUT2D eigenvalue weighted by atomic mass is 32.2. The van der Waals surface area contributed by atoms with Gasteiger partial charge in [-0.15, -0.1) is 0 Å². The van der Waals surface area contributed by atoms with Gasteiger partial charge in [0, 0.05) is 5.69 Å². The Morgan fingerprint density at radius 1 is 1.00 bits per heavy atom. The number of nitrogens with one attached hydrogen (secondary N) is 1. The van der Waals surface area contributed by atoms with Crippen LogP contribution in [0.1, 0.15) is 34.0 Å². The van der Waals surface area contributed by atoms with E-state index in [4.69, 9.17) is 4.74 Å². The van der Waals surface area contributed by atoms with Gasteiger partial charge in [0.15, 0.2) is 0 Å². The lowest BCUT2D eigenvalue weighted by atomic mass is 10.1. The van der Waals surface area contributed by atoms with Gasteiger partial charge in [-0.1, -0.05) is 12.1 Å². The molecule has 0 saturated carbocycles. The number of rotatable bonds is 5. The second-order valence-electron chi connectivity index (χ2n) is 5.61. The molecular weight excluding hydrogens is 326 g/mol. The number of sulfonamides is 1. The number of hydrogen-bond acceptors (Lipinski definition) is 4. The fourth-order valence-corrected chi connectivity index (χ4v) is 3.57. The van der Waals surface area contributed by atoms with Gasteiger partial charge in [-0.25, -0.2) is 13.2 Å². The smallest absolute Gasteiger partial charge is 0.338 e. The second kappa shape index (κ2) is 7.05. The Hall–Kier alpha value is -2.34.